The van der Waals surface area contributed by atoms with E-state index in [1.54, 1.807) is 6.07 Å². The normalized spacial score (nSPS) is 19.4. The zero-order chi connectivity index (χ0) is 14.2. The van der Waals surface area contributed by atoms with Crippen LogP contribution in [-0.2, 0) is 6.18 Å². The van der Waals surface area contributed by atoms with E-state index < -0.39 is 11.7 Å². The van der Waals surface area contributed by atoms with Gasteiger partial charge in [0.2, 0.25) is 0 Å². The molecule has 0 aliphatic carbocycles. The van der Waals surface area contributed by atoms with Crippen LogP contribution in [0.2, 0.25) is 0 Å². The number of hydrogen-bond acceptors (Lipinski definition) is 3. The number of thiazole rings is 1. The van der Waals surface area contributed by atoms with Gasteiger partial charge in [0, 0.05) is 10.9 Å². The molecule has 106 valence electrons. The van der Waals surface area contributed by atoms with Crippen molar-refractivity contribution < 1.29 is 13.2 Å². The molecular weight excluding hydrogens is 285 g/mol. The summed E-state index contributed by atoms with van der Waals surface area (Å²) >= 11 is 1.39. The summed E-state index contributed by atoms with van der Waals surface area (Å²) in [6, 6.07) is 5.57. The largest absolute Gasteiger partial charge is 0.416 e. The molecule has 1 N–H and O–H groups in total. The molecule has 1 atom stereocenters. The smallest absolute Gasteiger partial charge is 0.309 e. The summed E-state index contributed by atoms with van der Waals surface area (Å²) in [5, 5.41) is 5.91. The van der Waals surface area contributed by atoms with Crippen LogP contribution in [0.1, 0.15) is 30.1 Å². The van der Waals surface area contributed by atoms with Crippen LogP contribution in [-0.4, -0.2) is 11.5 Å². The molecule has 6 heteroatoms. The van der Waals surface area contributed by atoms with Crippen molar-refractivity contribution in [1.82, 2.24) is 10.3 Å². The number of alkyl halides is 3. The summed E-state index contributed by atoms with van der Waals surface area (Å²) in [6.45, 7) is 0.973. The first-order valence-corrected chi connectivity index (χ1v) is 7.28. The highest BCUT2D eigenvalue weighted by Crippen LogP contribution is 2.34. The molecule has 1 saturated heterocycles. The van der Waals surface area contributed by atoms with Crippen LogP contribution in [0.25, 0.3) is 10.6 Å². The van der Waals surface area contributed by atoms with Gasteiger partial charge in [-0.3, -0.25) is 0 Å². The Morgan fingerprint density at radius 2 is 2.15 bits per heavy atom. The number of benzene rings is 1. The van der Waals surface area contributed by atoms with Crippen molar-refractivity contribution in [3.8, 4) is 10.6 Å². The molecular formula is C14H13F3N2S. The quantitative estimate of drug-likeness (QED) is 0.896. The number of nitrogens with zero attached hydrogens (tertiary/aromatic N) is 1. The fourth-order valence-electron chi connectivity index (χ4n) is 2.34. The fourth-order valence-corrected chi connectivity index (χ4v) is 3.21. The van der Waals surface area contributed by atoms with Gasteiger partial charge in [-0.1, -0.05) is 12.1 Å². The second kappa shape index (κ2) is 5.18. The Morgan fingerprint density at radius 3 is 2.85 bits per heavy atom. The maximum absolute atomic E-state index is 12.7. The summed E-state index contributed by atoms with van der Waals surface area (Å²) in [7, 11) is 0. The van der Waals surface area contributed by atoms with Crippen molar-refractivity contribution in [3.63, 3.8) is 0 Å². The van der Waals surface area contributed by atoms with Gasteiger partial charge in [0.1, 0.15) is 5.01 Å². The molecule has 2 nitrogen and oxygen atoms in total. The molecule has 1 aliphatic heterocycles. The third-order valence-corrected chi connectivity index (χ3v) is 4.29. The van der Waals surface area contributed by atoms with E-state index in [9.17, 15) is 13.2 Å². The number of nitrogens with one attached hydrogen (secondary N) is 1. The first kappa shape index (κ1) is 13.6. The lowest BCUT2D eigenvalue weighted by Crippen LogP contribution is -2.12. The number of hydrogen-bond donors (Lipinski definition) is 1. The minimum Gasteiger partial charge on any atom is -0.309 e. The minimum atomic E-state index is -4.32. The summed E-state index contributed by atoms with van der Waals surface area (Å²) < 4.78 is 38.1. The summed E-state index contributed by atoms with van der Waals surface area (Å²) in [4.78, 5) is 4.47. The Labute approximate surface area is 118 Å². The predicted molar refractivity (Wildman–Crippen MR) is 72.5 cm³/mol. The Balaban J connectivity index is 1.89. The highest BCUT2D eigenvalue weighted by atomic mass is 32.1. The zero-order valence-corrected chi connectivity index (χ0v) is 11.4. The molecule has 2 aromatic rings. The SMILES string of the molecule is FC(F)(F)c1cccc(-c2nc([C@@H]3CCCN3)cs2)c1. The van der Waals surface area contributed by atoms with E-state index in [1.807, 2.05) is 5.38 Å². The number of rotatable bonds is 2. The molecule has 0 bridgehead atoms. The first-order chi connectivity index (χ1) is 9.54. The number of aromatic nitrogens is 1. The van der Waals surface area contributed by atoms with Gasteiger partial charge >= 0.3 is 6.18 Å². The monoisotopic (exact) mass is 298 g/mol. The topological polar surface area (TPSA) is 24.9 Å². The maximum Gasteiger partial charge on any atom is 0.416 e. The van der Waals surface area contributed by atoms with E-state index in [4.69, 9.17) is 0 Å². The molecule has 1 aromatic heterocycles. The minimum absolute atomic E-state index is 0.241. The molecule has 1 fully saturated rings. The summed E-state index contributed by atoms with van der Waals surface area (Å²) in [6.07, 6.45) is -2.17. The van der Waals surface area contributed by atoms with Gasteiger partial charge in [-0.05, 0) is 31.5 Å². The van der Waals surface area contributed by atoms with E-state index in [0.29, 0.717) is 10.6 Å². The molecule has 2 heterocycles. The molecule has 0 unspecified atom stereocenters. The third-order valence-electron chi connectivity index (χ3n) is 3.38. The molecule has 1 aromatic carbocycles. The highest BCUT2D eigenvalue weighted by molar-refractivity contribution is 7.13. The van der Waals surface area contributed by atoms with Crippen molar-refractivity contribution in [2.24, 2.45) is 0 Å². The van der Waals surface area contributed by atoms with E-state index >= 15 is 0 Å². The molecule has 3 rings (SSSR count). The van der Waals surface area contributed by atoms with Crippen molar-refractivity contribution in [2.75, 3.05) is 6.54 Å². The van der Waals surface area contributed by atoms with Crippen LogP contribution in [0, 0.1) is 0 Å². The molecule has 0 amide bonds. The predicted octanol–water partition coefficient (Wildman–Crippen LogP) is 4.25. The second-order valence-electron chi connectivity index (χ2n) is 4.81. The van der Waals surface area contributed by atoms with Crippen molar-refractivity contribution >= 4 is 11.3 Å². The van der Waals surface area contributed by atoms with Crippen LogP contribution < -0.4 is 5.32 Å². The van der Waals surface area contributed by atoms with Gasteiger partial charge in [-0.2, -0.15) is 13.2 Å². The lowest BCUT2D eigenvalue weighted by Gasteiger charge is -2.07. The summed E-state index contributed by atoms with van der Waals surface area (Å²) in [5.74, 6) is 0. The third kappa shape index (κ3) is 2.71. The van der Waals surface area contributed by atoms with Gasteiger partial charge in [0.05, 0.1) is 17.3 Å². The highest BCUT2D eigenvalue weighted by Gasteiger charge is 2.30. The maximum atomic E-state index is 12.7. The van der Waals surface area contributed by atoms with Gasteiger partial charge in [0.25, 0.3) is 0 Å². The molecule has 1 aliphatic rings. The Kier molecular flexibility index (Phi) is 3.52. The van der Waals surface area contributed by atoms with Gasteiger partial charge < -0.3 is 5.32 Å². The van der Waals surface area contributed by atoms with E-state index in [0.717, 1.165) is 37.2 Å². The average Bonchev–Trinajstić information content (AvgIpc) is 3.09. The van der Waals surface area contributed by atoms with Crippen LogP contribution in [0.5, 0.6) is 0 Å². The van der Waals surface area contributed by atoms with Crippen LogP contribution in [0.15, 0.2) is 29.6 Å². The fraction of sp³-hybridized carbons (Fsp3) is 0.357. The standard InChI is InChI=1S/C14H13F3N2S/c15-14(16,17)10-4-1-3-9(7-10)13-19-12(8-20-13)11-5-2-6-18-11/h1,3-4,7-8,11,18H,2,5-6H2/t11-/m0/s1. The van der Waals surface area contributed by atoms with Crippen LogP contribution in [0.4, 0.5) is 13.2 Å². The van der Waals surface area contributed by atoms with E-state index in [1.165, 1.54) is 17.4 Å². The molecule has 20 heavy (non-hydrogen) atoms. The zero-order valence-electron chi connectivity index (χ0n) is 10.6. The Morgan fingerprint density at radius 1 is 1.30 bits per heavy atom. The Bertz CT molecular complexity index is 600. The van der Waals surface area contributed by atoms with Crippen LogP contribution >= 0.6 is 11.3 Å². The Hall–Kier alpha value is -1.40. The van der Waals surface area contributed by atoms with Crippen molar-refractivity contribution in [3.05, 3.63) is 40.9 Å². The second-order valence-corrected chi connectivity index (χ2v) is 5.66. The molecule has 0 radical (unpaired) electrons. The van der Waals surface area contributed by atoms with Crippen molar-refractivity contribution in [1.29, 1.82) is 0 Å². The van der Waals surface area contributed by atoms with Crippen molar-refractivity contribution in [2.45, 2.75) is 25.1 Å². The van der Waals surface area contributed by atoms with E-state index in [2.05, 4.69) is 10.3 Å². The number of halogens is 3. The van der Waals surface area contributed by atoms with E-state index in [-0.39, 0.29) is 6.04 Å². The van der Waals surface area contributed by atoms with Crippen LogP contribution in [0.3, 0.4) is 0 Å². The summed E-state index contributed by atoms with van der Waals surface area (Å²) in [5.41, 5.74) is 0.819. The first-order valence-electron chi connectivity index (χ1n) is 6.40. The average molecular weight is 298 g/mol. The molecule has 0 saturated carbocycles. The lowest BCUT2D eigenvalue weighted by atomic mass is 10.1. The van der Waals surface area contributed by atoms with Gasteiger partial charge in [0.15, 0.2) is 0 Å². The molecule has 0 spiro atoms. The van der Waals surface area contributed by atoms with Gasteiger partial charge in [-0.25, -0.2) is 4.98 Å². The lowest BCUT2D eigenvalue weighted by molar-refractivity contribution is -0.137. The van der Waals surface area contributed by atoms with Gasteiger partial charge in [-0.15, -0.1) is 11.3 Å².